The van der Waals surface area contributed by atoms with Gasteiger partial charge in [0.1, 0.15) is 0 Å². The summed E-state index contributed by atoms with van der Waals surface area (Å²) in [6.45, 7) is 0.185. The lowest BCUT2D eigenvalue weighted by atomic mass is 10.2. The van der Waals surface area contributed by atoms with Crippen molar-refractivity contribution < 1.29 is 23.5 Å². The van der Waals surface area contributed by atoms with Gasteiger partial charge in [-0.2, -0.15) is 0 Å². The van der Waals surface area contributed by atoms with Gasteiger partial charge in [-0.15, -0.1) is 10.2 Å². The van der Waals surface area contributed by atoms with Crippen molar-refractivity contribution in [2.75, 3.05) is 19.6 Å². The van der Waals surface area contributed by atoms with E-state index in [0.717, 1.165) is 11.8 Å². The molecule has 2 heterocycles. The van der Waals surface area contributed by atoms with Gasteiger partial charge in [0.05, 0.1) is 5.75 Å². The molecule has 2 aromatic rings. The lowest BCUT2D eigenvalue weighted by molar-refractivity contribution is -0.117. The van der Waals surface area contributed by atoms with E-state index in [0.29, 0.717) is 23.0 Å². The number of rotatable bonds is 4. The number of amides is 3. The van der Waals surface area contributed by atoms with Gasteiger partial charge in [0.2, 0.25) is 18.6 Å². The van der Waals surface area contributed by atoms with Gasteiger partial charge in [-0.05, 0) is 18.2 Å². The number of thioether (sulfide) groups is 1. The molecule has 0 saturated heterocycles. The second-order valence-corrected chi connectivity index (χ2v) is 5.28. The average Bonchev–Trinajstić information content (AvgIpc) is 3.21. The predicted octanol–water partition coefficient (Wildman–Crippen LogP) is 1.01. The Hall–Kier alpha value is -2.75. The normalized spacial score (nSPS) is 12.0. The summed E-state index contributed by atoms with van der Waals surface area (Å²) in [7, 11) is 1.42. The summed E-state index contributed by atoms with van der Waals surface area (Å²) in [5.74, 6) is 1.10. The zero-order valence-corrected chi connectivity index (χ0v) is 12.8. The highest BCUT2D eigenvalue weighted by Gasteiger charge is 2.17. The number of nitrogens with one attached hydrogen (secondary N) is 2. The van der Waals surface area contributed by atoms with Crippen molar-refractivity contribution in [1.82, 2.24) is 20.8 Å². The minimum Gasteiger partial charge on any atom is -0.454 e. The second kappa shape index (κ2) is 6.57. The molecule has 1 aromatic carbocycles. The molecule has 23 heavy (non-hydrogen) atoms. The Morgan fingerprint density at radius 1 is 1.26 bits per heavy atom. The van der Waals surface area contributed by atoms with Crippen molar-refractivity contribution in [2.45, 2.75) is 5.22 Å². The number of ether oxygens (including phenoxy) is 2. The van der Waals surface area contributed by atoms with Gasteiger partial charge in [-0.25, -0.2) is 4.79 Å². The van der Waals surface area contributed by atoms with E-state index in [4.69, 9.17) is 13.9 Å². The predicted molar refractivity (Wildman–Crippen MR) is 79.2 cm³/mol. The Balaban J connectivity index is 1.62. The molecule has 10 heteroatoms. The first-order chi connectivity index (χ1) is 11.2. The number of hydrogen-bond donors (Lipinski definition) is 2. The molecular formula is C13H12N4O5S. The van der Waals surface area contributed by atoms with Gasteiger partial charge < -0.3 is 19.2 Å². The summed E-state index contributed by atoms with van der Waals surface area (Å²) in [5.41, 5.74) is 0.684. The first-order valence-corrected chi connectivity index (χ1v) is 7.52. The number of aromatic nitrogens is 2. The van der Waals surface area contributed by atoms with Crippen LogP contribution in [0.2, 0.25) is 0 Å². The number of hydrogen-bond acceptors (Lipinski definition) is 8. The van der Waals surface area contributed by atoms with Crippen molar-refractivity contribution in [3.8, 4) is 23.0 Å². The van der Waals surface area contributed by atoms with Crippen LogP contribution in [0.15, 0.2) is 27.8 Å². The molecule has 0 fully saturated rings. The highest BCUT2D eigenvalue weighted by atomic mass is 32.2. The zero-order chi connectivity index (χ0) is 16.2. The molecule has 0 saturated carbocycles. The number of imide groups is 1. The van der Waals surface area contributed by atoms with E-state index in [9.17, 15) is 9.59 Å². The molecule has 1 aliphatic heterocycles. The fourth-order valence-electron chi connectivity index (χ4n) is 1.77. The van der Waals surface area contributed by atoms with Crippen LogP contribution in [0.25, 0.3) is 11.5 Å². The molecule has 120 valence electrons. The van der Waals surface area contributed by atoms with E-state index >= 15 is 0 Å². The standard InChI is InChI=1S/C13H12N4O5S/c1-14-12(19)15-10(18)5-23-13-17-16-11(22-13)7-2-3-8-9(4-7)21-6-20-8/h2-4H,5-6H2,1H3,(H2,14,15,18,19). The maximum atomic E-state index is 11.5. The first-order valence-electron chi connectivity index (χ1n) is 6.53. The van der Waals surface area contributed by atoms with E-state index in [2.05, 4.69) is 20.8 Å². The van der Waals surface area contributed by atoms with Crippen LogP contribution in [-0.4, -0.2) is 41.7 Å². The third-order valence-electron chi connectivity index (χ3n) is 2.83. The molecule has 3 amide bonds. The van der Waals surface area contributed by atoms with Crippen LogP contribution in [0.1, 0.15) is 0 Å². The minimum absolute atomic E-state index is 0.0177. The fraction of sp³-hybridized carbons (Fsp3) is 0.231. The molecule has 0 aliphatic carbocycles. The maximum absolute atomic E-state index is 11.5. The second-order valence-electron chi connectivity index (χ2n) is 4.36. The van der Waals surface area contributed by atoms with E-state index in [1.807, 2.05) is 0 Å². The molecular weight excluding hydrogens is 324 g/mol. The highest BCUT2D eigenvalue weighted by molar-refractivity contribution is 7.99. The van der Waals surface area contributed by atoms with Crippen molar-refractivity contribution >= 4 is 23.7 Å². The number of carbonyl (C=O) groups is 2. The lowest BCUT2D eigenvalue weighted by Gasteiger charge is -2.00. The van der Waals surface area contributed by atoms with E-state index < -0.39 is 11.9 Å². The zero-order valence-electron chi connectivity index (χ0n) is 12.0. The van der Waals surface area contributed by atoms with E-state index in [1.54, 1.807) is 18.2 Å². The third kappa shape index (κ3) is 3.54. The molecule has 1 aliphatic rings. The topological polar surface area (TPSA) is 116 Å². The number of benzene rings is 1. The molecule has 1 aromatic heterocycles. The van der Waals surface area contributed by atoms with Gasteiger partial charge in [0.25, 0.3) is 5.22 Å². The van der Waals surface area contributed by atoms with Gasteiger partial charge in [-0.1, -0.05) is 11.8 Å². The molecule has 0 spiro atoms. The molecule has 0 atom stereocenters. The number of urea groups is 1. The molecule has 0 radical (unpaired) electrons. The summed E-state index contributed by atoms with van der Waals surface area (Å²) in [6, 6.07) is 4.70. The minimum atomic E-state index is -0.567. The van der Waals surface area contributed by atoms with Crippen LogP contribution in [0.5, 0.6) is 11.5 Å². The molecule has 0 bridgehead atoms. The van der Waals surface area contributed by atoms with Crippen molar-refractivity contribution in [3.63, 3.8) is 0 Å². The Kier molecular flexibility index (Phi) is 4.33. The SMILES string of the molecule is CNC(=O)NC(=O)CSc1nnc(-c2ccc3c(c2)OCO3)o1. The van der Waals surface area contributed by atoms with Crippen LogP contribution in [0, 0.1) is 0 Å². The van der Waals surface area contributed by atoms with Gasteiger partial charge >= 0.3 is 6.03 Å². The first kappa shape index (κ1) is 15.2. The summed E-state index contributed by atoms with van der Waals surface area (Å²) >= 11 is 1.03. The maximum Gasteiger partial charge on any atom is 0.321 e. The van der Waals surface area contributed by atoms with Crippen LogP contribution in [0.4, 0.5) is 4.79 Å². The highest BCUT2D eigenvalue weighted by Crippen LogP contribution is 2.35. The number of nitrogens with zero attached hydrogens (tertiary/aromatic N) is 2. The summed E-state index contributed by atoms with van der Waals surface area (Å²) in [5, 5.41) is 12.4. The van der Waals surface area contributed by atoms with Crippen LogP contribution < -0.4 is 20.1 Å². The van der Waals surface area contributed by atoms with E-state index in [1.165, 1.54) is 7.05 Å². The van der Waals surface area contributed by atoms with Gasteiger partial charge in [-0.3, -0.25) is 10.1 Å². The van der Waals surface area contributed by atoms with Crippen LogP contribution in [0.3, 0.4) is 0 Å². The fourth-order valence-corrected chi connectivity index (χ4v) is 2.33. The Morgan fingerprint density at radius 2 is 2.09 bits per heavy atom. The smallest absolute Gasteiger partial charge is 0.321 e. The van der Waals surface area contributed by atoms with Crippen molar-refractivity contribution in [3.05, 3.63) is 18.2 Å². The van der Waals surface area contributed by atoms with Crippen LogP contribution in [-0.2, 0) is 4.79 Å². The molecule has 3 rings (SSSR count). The van der Waals surface area contributed by atoms with Gasteiger partial charge in [0, 0.05) is 12.6 Å². The lowest BCUT2D eigenvalue weighted by Crippen LogP contribution is -2.38. The van der Waals surface area contributed by atoms with Crippen molar-refractivity contribution in [1.29, 1.82) is 0 Å². The van der Waals surface area contributed by atoms with Crippen molar-refractivity contribution in [2.24, 2.45) is 0 Å². The molecule has 9 nitrogen and oxygen atoms in total. The Bertz CT molecular complexity index is 748. The summed E-state index contributed by atoms with van der Waals surface area (Å²) < 4.78 is 16.0. The monoisotopic (exact) mass is 336 g/mol. The van der Waals surface area contributed by atoms with E-state index in [-0.39, 0.29) is 17.8 Å². The number of carbonyl (C=O) groups excluding carboxylic acids is 2. The Morgan fingerprint density at radius 3 is 2.91 bits per heavy atom. The van der Waals surface area contributed by atoms with Gasteiger partial charge in [0.15, 0.2) is 11.5 Å². The summed E-state index contributed by atoms with van der Waals surface area (Å²) in [4.78, 5) is 22.5. The largest absolute Gasteiger partial charge is 0.454 e. The molecule has 2 N–H and O–H groups in total. The Labute approximate surface area is 134 Å². The third-order valence-corrected chi connectivity index (χ3v) is 3.65. The number of fused-ring (bicyclic) bond motifs is 1. The summed E-state index contributed by atoms with van der Waals surface area (Å²) in [6.07, 6.45) is 0. The quantitative estimate of drug-likeness (QED) is 0.795. The van der Waals surface area contributed by atoms with Crippen LogP contribution >= 0.6 is 11.8 Å². The molecule has 0 unspecified atom stereocenters. The average molecular weight is 336 g/mol.